The Balaban J connectivity index is 2.06. The van der Waals surface area contributed by atoms with Crippen LogP contribution in [0.5, 0.6) is 5.75 Å². The maximum absolute atomic E-state index is 11.3. The molecule has 0 spiro atoms. The Kier molecular flexibility index (Phi) is 6.82. The highest BCUT2D eigenvalue weighted by molar-refractivity contribution is 5.70. The summed E-state index contributed by atoms with van der Waals surface area (Å²) in [6.07, 6.45) is 3.82. The fourth-order valence-electron chi connectivity index (χ4n) is 1.45. The molecule has 0 aliphatic heterocycles. The number of hydrogen-bond donors (Lipinski definition) is 2. The number of amides is 1. The van der Waals surface area contributed by atoms with Crippen LogP contribution in [0.2, 0.25) is 0 Å². The molecule has 0 saturated heterocycles. The van der Waals surface area contributed by atoms with Crippen molar-refractivity contribution in [2.75, 3.05) is 13.1 Å². The zero-order valence-corrected chi connectivity index (χ0v) is 10.0. The number of para-hydroxylation sites is 1. The first-order valence-electron chi connectivity index (χ1n) is 6.03. The van der Waals surface area contributed by atoms with E-state index in [4.69, 9.17) is 10.5 Å². The number of carbonyl (C=O) groups is 1. The molecule has 0 atom stereocenters. The van der Waals surface area contributed by atoms with Gasteiger partial charge in [0.15, 0.2) is 0 Å². The second-order valence-corrected chi connectivity index (χ2v) is 3.83. The topological polar surface area (TPSA) is 64.3 Å². The van der Waals surface area contributed by atoms with Crippen LogP contribution >= 0.6 is 0 Å². The average Bonchev–Trinajstić information content (AvgIpc) is 2.35. The number of unbranched alkanes of at least 4 members (excludes halogenated alkanes) is 3. The maximum Gasteiger partial charge on any atom is 0.412 e. The van der Waals surface area contributed by atoms with Crippen molar-refractivity contribution >= 4 is 6.09 Å². The van der Waals surface area contributed by atoms with E-state index in [1.165, 1.54) is 0 Å². The quantitative estimate of drug-likeness (QED) is 0.714. The first-order valence-corrected chi connectivity index (χ1v) is 6.03. The Bertz CT molecular complexity index is 314. The Morgan fingerprint density at radius 3 is 2.53 bits per heavy atom. The molecule has 0 aromatic heterocycles. The molecule has 17 heavy (non-hydrogen) atoms. The Morgan fingerprint density at radius 2 is 1.82 bits per heavy atom. The van der Waals surface area contributed by atoms with Gasteiger partial charge in [0.05, 0.1) is 0 Å². The van der Waals surface area contributed by atoms with Crippen molar-refractivity contribution in [1.29, 1.82) is 0 Å². The monoisotopic (exact) mass is 236 g/mol. The van der Waals surface area contributed by atoms with Gasteiger partial charge < -0.3 is 15.8 Å². The molecule has 3 N–H and O–H groups in total. The lowest BCUT2D eigenvalue weighted by Gasteiger charge is -2.06. The lowest BCUT2D eigenvalue weighted by atomic mass is 10.2. The molecule has 4 nitrogen and oxygen atoms in total. The van der Waals surface area contributed by atoms with E-state index in [9.17, 15) is 4.79 Å². The summed E-state index contributed by atoms with van der Waals surface area (Å²) in [6.45, 7) is 1.39. The van der Waals surface area contributed by atoms with Gasteiger partial charge in [-0.25, -0.2) is 4.79 Å². The molecular formula is C13H20N2O2. The molecular weight excluding hydrogens is 216 g/mol. The van der Waals surface area contributed by atoms with Gasteiger partial charge in [-0.1, -0.05) is 31.0 Å². The molecule has 1 aromatic carbocycles. The van der Waals surface area contributed by atoms with Crippen LogP contribution in [0.1, 0.15) is 25.7 Å². The molecule has 0 aliphatic rings. The van der Waals surface area contributed by atoms with Crippen LogP contribution in [0.25, 0.3) is 0 Å². The molecule has 1 rings (SSSR count). The fraction of sp³-hybridized carbons (Fsp3) is 0.462. The minimum atomic E-state index is -0.393. The van der Waals surface area contributed by atoms with Crippen molar-refractivity contribution < 1.29 is 9.53 Å². The molecule has 0 saturated carbocycles. The molecule has 0 bridgehead atoms. The molecule has 0 unspecified atom stereocenters. The lowest BCUT2D eigenvalue weighted by Crippen LogP contribution is -2.27. The van der Waals surface area contributed by atoms with E-state index in [-0.39, 0.29) is 0 Å². The number of nitrogens with one attached hydrogen (secondary N) is 1. The summed E-state index contributed by atoms with van der Waals surface area (Å²) in [4.78, 5) is 11.3. The Labute approximate surface area is 102 Å². The van der Waals surface area contributed by atoms with Gasteiger partial charge in [0.1, 0.15) is 5.75 Å². The van der Waals surface area contributed by atoms with E-state index in [1.54, 1.807) is 12.1 Å². The standard InChI is InChI=1S/C13H20N2O2/c14-10-6-1-2-7-11-15-13(16)17-12-8-4-3-5-9-12/h3-5,8-9H,1-2,6-7,10-11,14H2,(H,15,16). The van der Waals surface area contributed by atoms with E-state index >= 15 is 0 Å². The molecule has 1 aromatic rings. The van der Waals surface area contributed by atoms with E-state index in [2.05, 4.69) is 5.32 Å². The van der Waals surface area contributed by atoms with Gasteiger partial charge in [0.2, 0.25) is 0 Å². The highest BCUT2D eigenvalue weighted by Crippen LogP contribution is 2.08. The van der Waals surface area contributed by atoms with Crippen molar-refractivity contribution in [2.45, 2.75) is 25.7 Å². The van der Waals surface area contributed by atoms with E-state index in [1.807, 2.05) is 18.2 Å². The van der Waals surface area contributed by atoms with Gasteiger partial charge in [-0.3, -0.25) is 0 Å². The third-order valence-corrected chi connectivity index (χ3v) is 2.35. The van der Waals surface area contributed by atoms with E-state index in [0.717, 1.165) is 32.2 Å². The first-order chi connectivity index (χ1) is 8.33. The van der Waals surface area contributed by atoms with Gasteiger partial charge in [0.25, 0.3) is 0 Å². The van der Waals surface area contributed by atoms with Crippen molar-refractivity contribution in [3.63, 3.8) is 0 Å². The van der Waals surface area contributed by atoms with E-state index < -0.39 is 6.09 Å². The Morgan fingerprint density at radius 1 is 1.12 bits per heavy atom. The summed E-state index contributed by atoms with van der Waals surface area (Å²) in [5, 5.41) is 2.72. The third kappa shape index (κ3) is 6.58. The van der Waals surface area contributed by atoms with Crippen LogP contribution in [0, 0.1) is 0 Å². The zero-order chi connectivity index (χ0) is 12.3. The number of nitrogens with two attached hydrogens (primary N) is 1. The normalized spacial score (nSPS) is 9.94. The molecule has 0 heterocycles. The van der Waals surface area contributed by atoms with Crippen molar-refractivity contribution in [1.82, 2.24) is 5.32 Å². The molecule has 1 amide bonds. The summed E-state index contributed by atoms with van der Waals surface area (Å²) in [7, 11) is 0. The number of benzene rings is 1. The van der Waals surface area contributed by atoms with Crippen LogP contribution < -0.4 is 15.8 Å². The number of hydrogen-bond acceptors (Lipinski definition) is 3. The molecule has 0 fully saturated rings. The summed E-state index contributed by atoms with van der Waals surface area (Å²) in [5.74, 6) is 0.563. The summed E-state index contributed by atoms with van der Waals surface area (Å²) >= 11 is 0. The number of rotatable bonds is 7. The highest BCUT2D eigenvalue weighted by Gasteiger charge is 2.01. The minimum absolute atomic E-state index is 0.393. The number of carbonyl (C=O) groups excluding carboxylic acids is 1. The fourth-order valence-corrected chi connectivity index (χ4v) is 1.45. The number of ether oxygens (including phenoxy) is 1. The van der Waals surface area contributed by atoms with Crippen LogP contribution in [0.4, 0.5) is 4.79 Å². The summed E-state index contributed by atoms with van der Waals surface area (Å²) in [5.41, 5.74) is 5.39. The van der Waals surface area contributed by atoms with Gasteiger partial charge >= 0.3 is 6.09 Å². The summed E-state index contributed by atoms with van der Waals surface area (Å²) in [6, 6.07) is 9.04. The van der Waals surface area contributed by atoms with Crippen LogP contribution in [-0.4, -0.2) is 19.2 Å². The van der Waals surface area contributed by atoms with Gasteiger partial charge in [-0.2, -0.15) is 0 Å². The van der Waals surface area contributed by atoms with E-state index in [0.29, 0.717) is 12.3 Å². The van der Waals surface area contributed by atoms with Crippen LogP contribution in [0.15, 0.2) is 30.3 Å². The Hall–Kier alpha value is -1.55. The third-order valence-electron chi connectivity index (χ3n) is 2.35. The molecule has 0 aliphatic carbocycles. The zero-order valence-electron chi connectivity index (χ0n) is 10.0. The second-order valence-electron chi connectivity index (χ2n) is 3.83. The molecule has 0 radical (unpaired) electrons. The smallest absolute Gasteiger partial charge is 0.410 e. The lowest BCUT2D eigenvalue weighted by molar-refractivity contribution is 0.200. The average molecular weight is 236 g/mol. The van der Waals surface area contributed by atoms with Crippen molar-refractivity contribution in [3.05, 3.63) is 30.3 Å². The van der Waals surface area contributed by atoms with Crippen molar-refractivity contribution in [2.24, 2.45) is 5.73 Å². The SMILES string of the molecule is NCCCCCCNC(=O)Oc1ccccc1. The minimum Gasteiger partial charge on any atom is -0.410 e. The van der Waals surface area contributed by atoms with Gasteiger partial charge in [-0.15, -0.1) is 0 Å². The molecule has 94 valence electrons. The molecule has 4 heteroatoms. The predicted molar refractivity (Wildman–Crippen MR) is 68.0 cm³/mol. The first kappa shape index (κ1) is 13.5. The van der Waals surface area contributed by atoms with Crippen molar-refractivity contribution in [3.8, 4) is 5.75 Å². The van der Waals surface area contributed by atoms with Gasteiger partial charge in [0, 0.05) is 6.54 Å². The summed E-state index contributed by atoms with van der Waals surface area (Å²) < 4.78 is 5.07. The largest absolute Gasteiger partial charge is 0.412 e. The predicted octanol–water partition coefficient (Wildman–Crippen LogP) is 2.29. The second kappa shape index (κ2) is 8.58. The van der Waals surface area contributed by atoms with Crippen LogP contribution in [0.3, 0.4) is 0 Å². The maximum atomic E-state index is 11.3. The highest BCUT2D eigenvalue weighted by atomic mass is 16.5. The van der Waals surface area contributed by atoms with Crippen LogP contribution in [-0.2, 0) is 0 Å². The van der Waals surface area contributed by atoms with Gasteiger partial charge in [-0.05, 0) is 31.5 Å².